The van der Waals surface area contributed by atoms with Gasteiger partial charge in [0.1, 0.15) is 5.25 Å². The molecule has 17 heavy (non-hydrogen) atoms. The van der Waals surface area contributed by atoms with E-state index < -0.39 is 20.5 Å². The third-order valence-corrected chi connectivity index (χ3v) is 5.31. The Labute approximate surface area is 104 Å². The largest absolute Gasteiger partial charge is 0.223 e. The summed E-state index contributed by atoms with van der Waals surface area (Å²) in [6.07, 6.45) is 0.0744. The highest BCUT2D eigenvalue weighted by atomic mass is 35.5. The fourth-order valence-electron chi connectivity index (χ4n) is 1.66. The molecule has 0 radical (unpaired) electrons. The Hall–Kier alpha value is -1.56. The van der Waals surface area contributed by atoms with Crippen molar-refractivity contribution in [3.05, 3.63) is 29.3 Å². The van der Waals surface area contributed by atoms with Gasteiger partial charge in [0.2, 0.25) is 0 Å². The molecule has 4 nitrogen and oxygen atoms in total. The summed E-state index contributed by atoms with van der Waals surface area (Å²) in [6, 6.07) is 9.25. The van der Waals surface area contributed by atoms with Gasteiger partial charge < -0.3 is 0 Å². The van der Waals surface area contributed by atoms with E-state index in [1.807, 2.05) is 0 Å². The van der Waals surface area contributed by atoms with Crippen LogP contribution in [0.4, 0.5) is 0 Å². The molecule has 1 fully saturated rings. The van der Waals surface area contributed by atoms with Crippen molar-refractivity contribution in [1.82, 2.24) is 0 Å². The molecule has 0 aromatic heterocycles. The number of rotatable bonds is 2. The Kier molecular flexibility index (Phi) is 2.61. The number of benzene rings is 1. The van der Waals surface area contributed by atoms with Crippen molar-refractivity contribution < 1.29 is 8.42 Å². The molecule has 86 valence electrons. The molecule has 1 aromatic carbocycles. The fraction of sp³-hybridized carbons (Fsp3) is 0.273. The molecule has 0 saturated heterocycles. The van der Waals surface area contributed by atoms with Gasteiger partial charge in [0.25, 0.3) is 0 Å². The minimum Gasteiger partial charge on any atom is -0.223 e. The van der Waals surface area contributed by atoms with Gasteiger partial charge in [-0.25, -0.2) is 8.42 Å². The normalized spacial score (nSPS) is 21.2. The summed E-state index contributed by atoms with van der Waals surface area (Å²) in [5.41, 5.74) is -1.38. The average Bonchev–Trinajstić information content (AvgIpc) is 3.06. The maximum Gasteiger partial charge on any atom is 0.183 e. The number of sulfone groups is 1. The van der Waals surface area contributed by atoms with Crippen molar-refractivity contribution in [2.75, 3.05) is 0 Å². The van der Waals surface area contributed by atoms with Crippen LogP contribution in [0.2, 0.25) is 5.02 Å². The second kappa shape index (κ2) is 3.73. The average molecular weight is 267 g/mol. The van der Waals surface area contributed by atoms with E-state index in [0.29, 0.717) is 5.02 Å². The van der Waals surface area contributed by atoms with Crippen LogP contribution >= 0.6 is 11.6 Å². The van der Waals surface area contributed by atoms with Gasteiger partial charge in [-0.05, 0) is 24.3 Å². The van der Waals surface area contributed by atoms with Crippen LogP contribution in [0, 0.1) is 28.1 Å². The van der Waals surface area contributed by atoms with E-state index in [-0.39, 0.29) is 11.3 Å². The third-order valence-electron chi connectivity index (χ3n) is 2.81. The molecule has 1 atom stereocenters. The molecule has 0 spiro atoms. The van der Waals surface area contributed by atoms with E-state index in [1.165, 1.54) is 24.3 Å². The predicted octanol–water partition coefficient (Wildman–Crippen LogP) is 1.92. The smallest absolute Gasteiger partial charge is 0.183 e. The minimum atomic E-state index is -3.62. The van der Waals surface area contributed by atoms with Crippen LogP contribution in [0.5, 0.6) is 0 Å². The summed E-state index contributed by atoms with van der Waals surface area (Å²) in [5, 5.41) is 17.2. The molecule has 0 bridgehead atoms. The summed E-state index contributed by atoms with van der Waals surface area (Å²) in [4.78, 5) is 0.0966. The molecule has 0 amide bonds. The molecule has 0 heterocycles. The lowest BCUT2D eigenvalue weighted by Crippen LogP contribution is -2.14. The maximum absolute atomic E-state index is 12.1. The summed E-state index contributed by atoms with van der Waals surface area (Å²) in [5.74, 6) is 0. The van der Waals surface area contributed by atoms with Gasteiger partial charge >= 0.3 is 0 Å². The lowest BCUT2D eigenvalue weighted by molar-refractivity contribution is 0.591. The molecular weight excluding hydrogens is 260 g/mol. The lowest BCUT2D eigenvalue weighted by atomic mass is 10.2. The summed E-state index contributed by atoms with van der Waals surface area (Å²) in [6.45, 7) is 0. The summed E-state index contributed by atoms with van der Waals surface area (Å²) in [7, 11) is -3.62. The highest BCUT2D eigenvalue weighted by Gasteiger charge is 2.63. The Morgan fingerprint density at radius 1 is 1.24 bits per heavy atom. The predicted molar refractivity (Wildman–Crippen MR) is 60.7 cm³/mol. The molecule has 1 aromatic rings. The first-order chi connectivity index (χ1) is 7.96. The van der Waals surface area contributed by atoms with E-state index >= 15 is 0 Å². The zero-order chi connectivity index (χ0) is 12.7. The van der Waals surface area contributed by atoms with Crippen molar-refractivity contribution in [2.24, 2.45) is 5.41 Å². The Morgan fingerprint density at radius 3 is 2.18 bits per heavy atom. The summed E-state index contributed by atoms with van der Waals surface area (Å²) >= 11 is 5.67. The third kappa shape index (κ3) is 1.78. The Balaban J connectivity index is 2.39. The molecule has 1 unspecified atom stereocenters. The van der Waals surface area contributed by atoms with Gasteiger partial charge in [0, 0.05) is 11.4 Å². The number of hydrogen-bond acceptors (Lipinski definition) is 4. The zero-order valence-electron chi connectivity index (χ0n) is 8.59. The Bertz CT molecular complexity index is 624. The number of halogens is 1. The topological polar surface area (TPSA) is 81.7 Å². The SMILES string of the molecule is N#CC1(C#N)CC1S(=O)(=O)c1ccc(Cl)cc1. The highest BCUT2D eigenvalue weighted by molar-refractivity contribution is 7.92. The fourth-order valence-corrected chi connectivity index (χ4v) is 3.74. The quantitative estimate of drug-likeness (QED) is 0.819. The van der Waals surface area contributed by atoms with Crippen LogP contribution in [0.25, 0.3) is 0 Å². The van der Waals surface area contributed by atoms with E-state index in [2.05, 4.69) is 0 Å². The van der Waals surface area contributed by atoms with E-state index in [9.17, 15) is 8.42 Å². The standard InChI is InChI=1S/C11H7ClN2O2S/c12-8-1-3-9(4-2-8)17(15,16)10-5-11(10,6-13)7-14/h1-4,10H,5H2. The maximum atomic E-state index is 12.1. The first kappa shape index (κ1) is 11.9. The van der Waals surface area contributed by atoms with Crippen LogP contribution in [0.3, 0.4) is 0 Å². The van der Waals surface area contributed by atoms with Crippen molar-refractivity contribution in [2.45, 2.75) is 16.6 Å². The van der Waals surface area contributed by atoms with Gasteiger partial charge in [0.05, 0.1) is 17.0 Å². The minimum absolute atomic E-state index is 0.0744. The molecule has 1 aliphatic carbocycles. The van der Waals surface area contributed by atoms with E-state index in [4.69, 9.17) is 22.1 Å². The number of nitriles is 2. The van der Waals surface area contributed by atoms with Crippen molar-refractivity contribution in [3.63, 3.8) is 0 Å². The molecule has 1 aliphatic rings. The monoisotopic (exact) mass is 266 g/mol. The molecular formula is C11H7ClN2O2S. The van der Waals surface area contributed by atoms with Crippen LogP contribution in [-0.4, -0.2) is 13.7 Å². The van der Waals surface area contributed by atoms with Crippen molar-refractivity contribution in [1.29, 1.82) is 10.5 Å². The first-order valence-corrected chi connectivity index (χ1v) is 6.71. The number of hydrogen-bond donors (Lipinski definition) is 0. The van der Waals surface area contributed by atoms with Crippen molar-refractivity contribution in [3.8, 4) is 12.1 Å². The lowest BCUT2D eigenvalue weighted by Gasteiger charge is -2.03. The molecule has 0 N–H and O–H groups in total. The van der Waals surface area contributed by atoms with E-state index in [0.717, 1.165) is 0 Å². The first-order valence-electron chi connectivity index (χ1n) is 4.78. The van der Waals surface area contributed by atoms with Crippen LogP contribution < -0.4 is 0 Å². The number of nitrogens with zero attached hydrogens (tertiary/aromatic N) is 2. The van der Waals surface area contributed by atoms with Gasteiger partial charge in [-0.1, -0.05) is 11.6 Å². The molecule has 1 saturated carbocycles. The van der Waals surface area contributed by atoms with Gasteiger partial charge in [-0.2, -0.15) is 10.5 Å². The molecule has 6 heteroatoms. The molecule has 2 rings (SSSR count). The van der Waals surface area contributed by atoms with Crippen LogP contribution in [0.15, 0.2) is 29.2 Å². The molecule has 0 aliphatic heterocycles. The van der Waals surface area contributed by atoms with E-state index in [1.54, 1.807) is 12.1 Å². The summed E-state index contributed by atoms with van der Waals surface area (Å²) < 4.78 is 24.2. The zero-order valence-corrected chi connectivity index (χ0v) is 10.2. The van der Waals surface area contributed by atoms with Gasteiger partial charge in [0.15, 0.2) is 15.3 Å². The van der Waals surface area contributed by atoms with Crippen LogP contribution in [-0.2, 0) is 9.84 Å². The second-order valence-corrected chi connectivity index (χ2v) is 6.45. The van der Waals surface area contributed by atoms with Gasteiger partial charge in [-0.15, -0.1) is 0 Å². The highest BCUT2D eigenvalue weighted by Crippen LogP contribution is 2.51. The van der Waals surface area contributed by atoms with Gasteiger partial charge in [-0.3, -0.25) is 0 Å². The Morgan fingerprint density at radius 2 is 1.76 bits per heavy atom. The van der Waals surface area contributed by atoms with Crippen LogP contribution in [0.1, 0.15) is 6.42 Å². The van der Waals surface area contributed by atoms with Crippen molar-refractivity contribution >= 4 is 21.4 Å². The second-order valence-electron chi connectivity index (χ2n) is 3.89.